The van der Waals surface area contributed by atoms with E-state index in [-0.39, 0.29) is 10.9 Å². The molecular formula is C11H14BrNO3S. The second kappa shape index (κ2) is 6.37. The summed E-state index contributed by atoms with van der Waals surface area (Å²) in [7, 11) is 0. The molecule has 0 saturated heterocycles. The molecule has 0 aliphatic rings. The summed E-state index contributed by atoms with van der Waals surface area (Å²) in [4.78, 5) is 10.3. The Morgan fingerprint density at radius 2 is 2.18 bits per heavy atom. The van der Waals surface area contributed by atoms with Gasteiger partial charge in [0, 0.05) is 17.1 Å². The van der Waals surface area contributed by atoms with Crippen LogP contribution in [0.5, 0.6) is 0 Å². The molecule has 94 valence electrons. The van der Waals surface area contributed by atoms with Gasteiger partial charge in [-0.2, -0.15) is 11.8 Å². The quantitative estimate of drug-likeness (QED) is 0.667. The van der Waals surface area contributed by atoms with Crippen molar-refractivity contribution in [2.24, 2.45) is 0 Å². The number of hydrogen-bond acceptors (Lipinski definition) is 4. The Balaban J connectivity index is 2.79. The van der Waals surface area contributed by atoms with Gasteiger partial charge in [-0.15, -0.1) is 0 Å². The van der Waals surface area contributed by atoms with Crippen molar-refractivity contribution in [3.8, 4) is 0 Å². The summed E-state index contributed by atoms with van der Waals surface area (Å²) in [6, 6.07) is 4.99. The number of nitrogens with zero attached hydrogens (tertiary/aromatic N) is 1. The fourth-order valence-electron chi connectivity index (χ4n) is 1.18. The van der Waals surface area contributed by atoms with Crippen LogP contribution in [0.1, 0.15) is 19.4 Å². The van der Waals surface area contributed by atoms with Gasteiger partial charge in [-0.25, -0.2) is 0 Å². The van der Waals surface area contributed by atoms with Crippen LogP contribution in [-0.2, 0) is 5.75 Å². The van der Waals surface area contributed by atoms with Gasteiger partial charge in [0.15, 0.2) is 0 Å². The summed E-state index contributed by atoms with van der Waals surface area (Å²) in [6.07, 6.45) is -0.391. The number of hydrogen-bond donors (Lipinski definition) is 1. The van der Waals surface area contributed by atoms with E-state index >= 15 is 0 Å². The first-order chi connectivity index (χ1) is 7.93. The van der Waals surface area contributed by atoms with Crippen LogP contribution in [-0.4, -0.2) is 21.4 Å². The van der Waals surface area contributed by atoms with Gasteiger partial charge >= 0.3 is 0 Å². The monoisotopic (exact) mass is 319 g/mol. The molecule has 0 radical (unpaired) electrons. The topological polar surface area (TPSA) is 63.4 Å². The predicted molar refractivity (Wildman–Crippen MR) is 73.2 cm³/mol. The molecule has 0 aromatic heterocycles. The summed E-state index contributed by atoms with van der Waals surface area (Å²) in [5.41, 5.74) is 0.949. The fraction of sp³-hybridized carbons (Fsp3) is 0.455. The molecule has 0 bridgehead atoms. The summed E-state index contributed by atoms with van der Waals surface area (Å²) >= 11 is 4.82. The van der Waals surface area contributed by atoms with Crippen LogP contribution >= 0.6 is 27.7 Å². The lowest BCUT2D eigenvalue weighted by Crippen LogP contribution is -2.15. The van der Waals surface area contributed by atoms with E-state index in [1.807, 2.05) is 13.0 Å². The minimum Gasteiger partial charge on any atom is -0.392 e. The molecule has 4 nitrogen and oxygen atoms in total. The average Bonchev–Trinajstić information content (AvgIpc) is 2.26. The van der Waals surface area contributed by atoms with Crippen molar-refractivity contribution in [1.82, 2.24) is 0 Å². The molecule has 1 aromatic rings. The Kier molecular flexibility index (Phi) is 5.42. The van der Waals surface area contributed by atoms with E-state index in [1.54, 1.807) is 24.8 Å². The minimum atomic E-state index is -0.406. The van der Waals surface area contributed by atoms with E-state index in [9.17, 15) is 15.2 Å². The highest BCUT2D eigenvalue weighted by atomic mass is 79.9. The van der Waals surface area contributed by atoms with E-state index < -0.39 is 11.0 Å². The maximum absolute atomic E-state index is 10.7. The first-order valence-corrected chi connectivity index (χ1v) is 6.99. The second-order valence-electron chi connectivity index (χ2n) is 3.76. The molecule has 0 aliphatic heterocycles. The first-order valence-electron chi connectivity index (χ1n) is 5.15. The summed E-state index contributed by atoms with van der Waals surface area (Å²) in [6.45, 7) is 3.67. The van der Waals surface area contributed by atoms with Crippen molar-refractivity contribution in [2.45, 2.75) is 31.0 Å². The van der Waals surface area contributed by atoms with Crippen molar-refractivity contribution in [3.05, 3.63) is 38.3 Å². The number of nitro benzene ring substituents is 1. The molecule has 0 saturated carbocycles. The number of rotatable bonds is 5. The van der Waals surface area contributed by atoms with E-state index in [0.717, 1.165) is 5.56 Å². The van der Waals surface area contributed by atoms with Gasteiger partial charge in [-0.3, -0.25) is 10.1 Å². The van der Waals surface area contributed by atoms with Crippen LogP contribution in [0.15, 0.2) is 22.7 Å². The van der Waals surface area contributed by atoms with Crippen LogP contribution in [0.2, 0.25) is 0 Å². The lowest BCUT2D eigenvalue weighted by Gasteiger charge is -2.14. The molecule has 1 N–H and O–H groups in total. The van der Waals surface area contributed by atoms with Gasteiger partial charge in [0.25, 0.3) is 5.69 Å². The van der Waals surface area contributed by atoms with E-state index in [4.69, 9.17) is 0 Å². The largest absolute Gasteiger partial charge is 0.392 e. The average molecular weight is 320 g/mol. The zero-order valence-electron chi connectivity index (χ0n) is 9.59. The van der Waals surface area contributed by atoms with E-state index in [2.05, 4.69) is 15.9 Å². The summed E-state index contributed by atoms with van der Waals surface area (Å²) in [5.74, 6) is 0.633. The molecule has 0 fully saturated rings. The van der Waals surface area contributed by atoms with Gasteiger partial charge in [-0.1, -0.05) is 19.1 Å². The van der Waals surface area contributed by atoms with Crippen LogP contribution in [0, 0.1) is 10.1 Å². The highest BCUT2D eigenvalue weighted by molar-refractivity contribution is 9.10. The lowest BCUT2D eigenvalue weighted by atomic mass is 10.2. The van der Waals surface area contributed by atoms with Crippen LogP contribution in [0.25, 0.3) is 0 Å². The molecule has 1 aromatic carbocycles. The summed E-state index contributed by atoms with van der Waals surface area (Å²) in [5, 5.41) is 20.2. The zero-order valence-corrected chi connectivity index (χ0v) is 12.0. The molecule has 2 atom stereocenters. The molecule has 0 amide bonds. The number of aliphatic hydroxyl groups excluding tert-OH is 1. The number of nitro groups is 1. The maximum Gasteiger partial charge on any atom is 0.283 e. The Morgan fingerprint density at radius 3 is 2.71 bits per heavy atom. The number of thioether (sulfide) groups is 1. The smallest absolute Gasteiger partial charge is 0.283 e. The Bertz CT molecular complexity index is 412. The normalized spacial score (nSPS) is 14.4. The molecule has 1 rings (SSSR count). The van der Waals surface area contributed by atoms with Gasteiger partial charge < -0.3 is 5.11 Å². The lowest BCUT2D eigenvalue weighted by molar-refractivity contribution is -0.385. The van der Waals surface area contributed by atoms with Gasteiger partial charge in [0.1, 0.15) is 0 Å². The molecular weight excluding hydrogens is 306 g/mol. The van der Waals surface area contributed by atoms with Gasteiger partial charge in [-0.05, 0) is 28.4 Å². The third kappa shape index (κ3) is 3.97. The highest BCUT2D eigenvalue weighted by Crippen LogP contribution is 2.31. The molecule has 2 unspecified atom stereocenters. The van der Waals surface area contributed by atoms with Crippen molar-refractivity contribution in [2.75, 3.05) is 0 Å². The molecule has 6 heteroatoms. The van der Waals surface area contributed by atoms with Gasteiger partial charge in [0.2, 0.25) is 0 Å². The standard InChI is InChI=1S/C11H14BrNO3S/c1-7(14)8(2)17-6-9-4-3-5-10(11(9)12)13(15)16/h3-5,7-8,14H,6H2,1-2H3. The minimum absolute atomic E-state index is 0.0767. The number of benzene rings is 1. The highest BCUT2D eigenvalue weighted by Gasteiger charge is 2.16. The van der Waals surface area contributed by atoms with Gasteiger partial charge in [0.05, 0.1) is 15.5 Å². The zero-order chi connectivity index (χ0) is 13.0. The van der Waals surface area contributed by atoms with E-state index in [0.29, 0.717) is 10.2 Å². The van der Waals surface area contributed by atoms with Crippen LogP contribution in [0.3, 0.4) is 0 Å². The van der Waals surface area contributed by atoms with Crippen molar-refractivity contribution in [1.29, 1.82) is 0 Å². The first kappa shape index (κ1) is 14.5. The number of halogens is 1. The Morgan fingerprint density at radius 1 is 1.53 bits per heavy atom. The Hall–Kier alpha value is -0.590. The third-order valence-electron chi connectivity index (χ3n) is 2.44. The summed E-state index contributed by atoms with van der Waals surface area (Å²) < 4.78 is 0.523. The van der Waals surface area contributed by atoms with Crippen molar-refractivity contribution in [3.63, 3.8) is 0 Å². The molecule has 0 spiro atoms. The third-order valence-corrected chi connectivity index (χ3v) is 4.75. The predicted octanol–water partition coefficient (Wildman–Crippen LogP) is 3.36. The van der Waals surface area contributed by atoms with Crippen molar-refractivity contribution >= 4 is 33.4 Å². The number of aliphatic hydroxyl groups is 1. The molecule has 17 heavy (non-hydrogen) atoms. The fourth-order valence-corrected chi connectivity index (χ4v) is 2.88. The SMILES string of the molecule is CC(O)C(C)SCc1cccc([N+](=O)[O-])c1Br. The molecule has 0 aliphatic carbocycles. The van der Waals surface area contributed by atoms with E-state index in [1.165, 1.54) is 6.07 Å². The van der Waals surface area contributed by atoms with Crippen LogP contribution in [0.4, 0.5) is 5.69 Å². The van der Waals surface area contributed by atoms with Crippen molar-refractivity contribution < 1.29 is 10.0 Å². The maximum atomic E-state index is 10.7. The van der Waals surface area contributed by atoms with Crippen LogP contribution < -0.4 is 0 Å². The molecule has 0 heterocycles. The Labute approximate surface area is 113 Å². The second-order valence-corrected chi connectivity index (χ2v) is 5.92.